The summed E-state index contributed by atoms with van der Waals surface area (Å²) in [4.78, 5) is 0. The fraction of sp³-hybridized carbons (Fsp3) is 1.00. The first kappa shape index (κ1) is 14.6. The minimum absolute atomic E-state index is 0.483. The molecule has 2 unspecified atom stereocenters. The fourth-order valence-electron chi connectivity index (χ4n) is 2.99. The van der Waals surface area contributed by atoms with Crippen molar-refractivity contribution in [2.75, 3.05) is 12.4 Å². The number of hydrogen-bond acceptors (Lipinski definition) is 4. The summed E-state index contributed by atoms with van der Waals surface area (Å²) in [6.07, 6.45) is 12.4. The number of nitrogens with two attached hydrogens (primary N) is 1. The van der Waals surface area contributed by atoms with Crippen LogP contribution in [0, 0.1) is 0 Å². The first-order chi connectivity index (χ1) is 8.88. The van der Waals surface area contributed by atoms with E-state index in [1.54, 1.807) is 0 Å². The molecule has 1 heterocycles. The molecule has 1 aliphatic carbocycles. The zero-order chi connectivity index (χ0) is 12.6. The summed E-state index contributed by atoms with van der Waals surface area (Å²) < 4.78 is 5.65. The Morgan fingerprint density at radius 1 is 1.22 bits per heavy atom. The second kappa shape index (κ2) is 8.41. The van der Waals surface area contributed by atoms with Gasteiger partial charge in [-0.25, -0.2) is 0 Å². The number of thioether (sulfide) groups is 1. The predicted octanol–water partition coefficient (Wildman–Crippen LogP) is 2.84. The van der Waals surface area contributed by atoms with Gasteiger partial charge in [0.25, 0.3) is 0 Å². The zero-order valence-electron chi connectivity index (χ0n) is 11.4. The number of ether oxygens (including phenoxy) is 1. The highest BCUT2D eigenvalue weighted by Crippen LogP contribution is 2.30. The Bertz CT molecular complexity index is 216. The van der Waals surface area contributed by atoms with E-state index in [9.17, 15) is 0 Å². The molecular weight excluding hydrogens is 244 g/mol. The first-order valence-electron chi connectivity index (χ1n) is 7.58. The van der Waals surface area contributed by atoms with Crippen LogP contribution in [0.2, 0.25) is 0 Å². The highest BCUT2D eigenvalue weighted by Gasteiger charge is 2.18. The fourth-order valence-corrected chi connectivity index (χ4v) is 4.42. The third-order valence-corrected chi connectivity index (χ3v) is 5.71. The maximum Gasteiger partial charge on any atom is 0.0576 e. The van der Waals surface area contributed by atoms with Crippen LogP contribution in [-0.2, 0) is 4.74 Å². The van der Waals surface area contributed by atoms with Crippen molar-refractivity contribution < 1.29 is 4.74 Å². The quantitative estimate of drug-likeness (QED) is 0.527. The van der Waals surface area contributed by atoms with Crippen molar-refractivity contribution in [1.29, 1.82) is 0 Å². The Morgan fingerprint density at radius 2 is 2.06 bits per heavy atom. The van der Waals surface area contributed by atoms with Crippen LogP contribution in [0.25, 0.3) is 0 Å². The van der Waals surface area contributed by atoms with Crippen LogP contribution in [0.15, 0.2) is 0 Å². The Hall–Kier alpha value is 0.230. The van der Waals surface area contributed by atoms with Crippen LogP contribution in [0.1, 0.15) is 57.8 Å². The summed E-state index contributed by atoms with van der Waals surface area (Å²) in [5.74, 6) is 6.83. The molecule has 0 amide bonds. The van der Waals surface area contributed by atoms with Crippen LogP contribution in [0.4, 0.5) is 0 Å². The molecule has 1 saturated heterocycles. The lowest BCUT2D eigenvalue weighted by Crippen LogP contribution is -2.37. The monoisotopic (exact) mass is 272 g/mol. The molecule has 2 atom stereocenters. The van der Waals surface area contributed by atoms with Crippen LogP contribution in [0.3, 0.4) is 0 Å². The van der Waals surface area contributed by atoms with Gasteiger partial charge in [0.15, 0.2) is 0 Å². The second-order valence-electron chi connectivity index (χ2n) is 5.67. The van der Waals surface area contributed by atoms with Gasteiger partial charge in [-0.05, 0) is 44.9 Å². The second-order valence-corrected chi connectivity index (χ2v) is 7.00. The number of rotatable bonds is 8. The van der Waals surface area contributed by atoms with Crippen molar-refractivity contribution in [3.05, 3.63) is 0 Å². The summed E-state index contributed by atoms with van der Waals surface area (Å²) in [5.41, 5.74) is 2.99. The average molecular weight is 272 g/mol. The van der Waals surface area contributed by atoms with E-state index in [0.29, 0.717) is 12.1 Å². The van der Waals surface area contributed by atoms with Gasteiger partial charge in [0.1, 0.15) is 0 Å². The highest BCUT2D eigenvalue weighted by atomic mass is 32.2. The van der Waals surface area contributed by atoms with Crippen LogP contribution in [0.5, 0.6) is 0 Å². The van der Waals surface area contributed by atoms with Crippen LogP contribution in [-0.4, -0.2) is 29.8 Å². The molecule has 0 aromatic heterocycles. The standard InChI is InChI=1S/C14H28N2OS/c15-16-12(11-18-14-8-1-2-9-14)5-3-6-13-7-4-10-17-13/h12-14,16H,1-11,15H2. The average Bonchev–Trinajstić information content (AvgIpc) is 3.06. The van der Waals surface area contributed by atoms with Crippen LogP contribution < -0.4 is 11.3 Å². The van der Waals surface area contributed by atoms with Crippen LogP contribution >= 0.6 is 11.8 Å². The summed E-state index contributed by atoms with van der Waals surface area (Å²) in [6, 6.07) is 0.483. The molecule has 0 radical (unpaired) electrons. The van der Waals surface area contributed by atoms with Crippen molar-refractivity contribution in [1.82, 2.24) is 5.43 Å². The van der Waals surface area contributed by atoms with Crippen molar-refractivity contribution in [2.45, 2.75) is 75.2 Å². The van der Waals surface area contributed by atoms with E-state index >= 15 is 0 Å². The van der Waals surface area contributed by atoms with E-state index in [2.05, 4.69) is 17.2 Å². The number of hydrogen-bond donors (Lipinski definition) is 2. The van der Waals surface area contributed by atoms with E-state index in [-0.39, 0.29) is 0 Å². The lowest BCUT2D eigenvalue weighted by Gasteiger charge is -2.18. The third kappa shape index (κ3) is 5.08. The van der Waals surface area contributed by atoms with Crippen molar-refractivity contribution in [2.24, 2.45) is 5.84 Å². The maximum atomic E-state index is 5.66. The Balaban J connectivity index is 1.53. The SMILES string of the molecule is NNC(CCCC1CCCO1)CSC1CCCC1. The number of hydrazine groups is 1. The van der Waals surface area contributed by atoms with Gasteiger partial charge < -0.3 is 4.74 Å². The van der Waals surface area contributed by atoms with Gasteiger partial charge in [-0.15, -0.1) is 0 Å². The minimum Gasteiger partial charge on any atom is -0.378 e. The van der Waals surface area contributed by atoms with Gasteiger partial charge in [-0.1, -0.05) is 12.8 Å². The topological polar surface area (TPSA) is 47.3 Å². The molecule has 4 heteroatoms. The smallest absolute Gasteiger partial charge is 0.0576 e. The van der Waals surface area contributed by atoms with Gasteiger partial charge >= 0.3 is 0 Å². The maximum absolute atomic E-state index is 5.66. The van der Waals surface area contributed by atoms with E-state index in [1.165, 1.54) is 63.5 Å². The summed E-state index contributed by atoms with van der Waals surface area (Å²) >= 11 is 2.13. The molecule has 0 bridgehead atoms. The largest absolute Gasteiger partial charge is 0.378 e. The molecule has 106 valence electrons. The van der Waals surface area contributed by atoms with Crippen molar-refractivity contribution in [3.8, 4) is 0 Å². The first-order valence-corrected chi connectivity index (χ1v) is 8.62. The van der Waals surface area contributed by atoms with E-state index < -0.39 is 0 Å². The molecule has 0 aromatic rings. The van der Waals surface area contributed by atoms with Gasteiger partial charge in [-0.3, -0.25) is 11.3 Å². The molecule has 0 spiro atoms. The van der Waals surface area contributed by atoms with Gasteiger partial charge in [-0.2, -0.15) is 11.8 Å². The normalized spacial score (nSPS) is 26.8. The highest BCUT2D eigenvalue weighted by molar-refractivity contribution is 7.99. The molecule has 3 N–H and O–H groups in total. The molecule has 2 rings (SSSR count). The number of nitrogens with one attached hydrogen (secondary N) is 1. The van der Waals surface area contributed by atoms with Crippen molar-refractivity contribution in [3.63, 3.8) is 0 Å². The Labute approximate surface area is 116 Å². The molecule has 1 saturated carbocycles. The summed E-state index contributed by atoms with van der Waals surface area (Å²) in [5, 5.41) is 0.902. The van der Waals surface area contributed by atoms with E-state index in [4.69, 9.17) is 10.6 Å². The summed E-state index contributed by atoms with van der Waals surface area (Å²) in [7, 11) is 0. The van der Waals surface area contributed by atoms with Crippen molar-refractivity contribution >= 4 is 11.8 Å². The lowest BCUT2D eigenvalue weighted by molar-refractivity contribution is 0.101. The summed E-state index contributed by atoms with van der Waals surface area (Å²) in [6.45, 7) is 0.973. The molecular formula is C14H28N2OS. The van der Waals surface area contributed by atoms with Gasteiger partial charge in [0.05, 0.1) is 6.10 Å². The zero-order valence-corrected chi connectivity index (χ0v) is 12.2. The minimum atomic E-state index is 0.483. The molecule has 3 nitrogen and oxygen atoms in total. The molecule has 2 fully saturated rings. The molecule has 18 heavy (non-hydrogen) atoms. The Kier molecular flexibility index (Phi) is 6.84. The molecule has 0 aromatic carbocycles. The molecule has 2 aliphatic rings. The Morgan fingerprint density at radius 3 is 2.72 bits per heavy atom. The molecule has 1 aliphatic heterocycles. The predicted molar refractivity (Wildman–Crippen MR) is 78.7 cm³/mol. The van der Waals surface area contributed by atoms with Gasteiger partial charge in [0.2, 0.25) is 0 Å². The van der Waals surface area contributed by atoms with Gasteiger partial charge in [0, 0.05) is 23.7 Å². The lowest BCUT2D eigenvalue weighted by atomic mass is 10.1. The van der Waals surface area contributed by atoms with E-state index in [0.717, 1.165) is 11.9 Å². The third-order valence-electron chi connectivity index (χ3n) is 4.17. The van der Waals surface area contributed by atoms with E-state index in [1.807, 2.05) is 0 Å².